The minimum Gasteiger partial charge on any atom is -0.352 e. The van der Waals surface area contributed by atoms with E-state index in [0.29, 0.717) is 19.5 Å². The van der Waals surface area contributed by atoms with Gasteiger partial charge in [-0.25, -0.2) is 14.6 Å². The van der Waals surface area contributed by atoms with Crippen LogP contribution in [0.25, 0.3) is 16.7 Å². The number of carbonyl (C=O) groups is 1. The molecule has 4 aromatic rings. The van der Waals surface area contributed by atoms with Gasteiger partial charge < -0.3 is 9.80 Å². The van der Waals surface area contributed by atoms with E-state index in [-0.39, 0.29) is 11.8 Å². The first-order valence-electron chi connectivity index (χ1n) is 12.0. The molecule has 1 aromatic carbocycles. The van der Waals surface area contributed by atoms with E-state index in [4.69, 9.17) is 9.97 Å². The van der Waals surface area contributed by atoms with Crippen LogP contribution in [0.15, 0.2) is 54.0 Å². The lowest BCUT2D eigenvalue weighted by Crippen LogP contribution is -2.49. The highest BCUT2D eigenvalue weighted by atomic mass is 32.1. The van der Waals surface area contributed by atoms with Crippen LogP contribution in [-0.4, -0.2) is 56.7 Å². The van der Waals surface area contributed by atoms with Gasteiger partial charge in [0, 0.05) is 37.0 Å². The molecule has 4 heterocycles. The molecule has 0 saturated carbocycles. The van der Waals surface area contributed by atoms with Gasteiger partial charge in [0.25, 0.3) is 0 Å². The quantitative estimate of drug-likeness (QED) is 0.389. The summed E-state index contributed by atoms with van der Waals surface area (Å²) in [6.07, 6.45) is 4.48. The van der Waals surface area contributed by atoms with Gasteiger partial charge in [0.1, 0.15) is 11.6 Å². The molecular weight excluding hydrogens is 444 g/mol. The summed E-state index contributed by atoms with van der Waals surface area (Å²) < 4.78 is 1.91. The number of hydrogen-bond acceptors (Lipinski definition) is 6. The van der Waals surface area contributed by atoms with Gasteiger partial charge in [-0.3, -0.25) is 4.79 Å². The van der Waals surface area contributed by atoms with Crippen LogP contribution in [0, 0.1) is 0 Å². The summed E-state index contributed by atoms with van der Waals surface area (Å²) in [6, 6.07) is 14.1. The Morgan fingerprint density at radius 3 is 2.56 bits per heavy atom. The zero-order chi connectivity index (χ0) is 23.5. The van der Waals surface area contributed by atoms with Crippen LogP contribution in [0.1, 0.15) is 43.3 Å². The second-order valence-electron chi connectivity index (χ2n) is 8.85. The van der Waals surface area contributed by atoms with Gasteiger partial charge in [-0.1, -0.05) is 44.5 Å². The van der Waals surface area contributed by atoms with Gasteiger partial charge in [0.2, 0.25) is 5.91 Å². The Morgan fingerprint density at radius 1 is 1.06 bits per heavy atom. The van der Waals surface area contributed by atoms with Crippen LogP contribution in [0.5, 0.6) is 0 Å². The third kappa shape index (κ3) is 4.55. The van der Waals surface area contributed by atoms with E-state index in [0.717, 1.165) is 59.2 Å². The summed E-state index contributed by atoms with van der Waals surface area (Å²) in [5, 5.41) is 7.65. The van der Waals surface area contributed by atoms with Crippen LogP contribution >= 0.6 is 11.3 Å². The Kier molecular flexibility index (Phi) is 6.58. The van der Waals surface area contributed by atoms with E-state index >= 15 is 0 Å². The fourth-order valence-corrected chi connectivity index (χ4v) is 5.23. The fraction of sp³-hybridized carbons (Fsp3) is 0.385. The Balaban J connectivity index is 1.43. The van der Waals surface area contributed by atoms with Crippen molar-refractivity contribution in [3.05, 3.63) is 64.7 Å². The maximum atomic E-state index is 12.8. The molecule has 8 heteroatoms. The number of nitrogens with zero attached hydrogens (tertiary/aromatic N) is 6. The maximum absolute atomic E-state index is 12.8. The number of carbonyl (C=O) groups excluding carboxylic acids is 1. The summed E-state index contributed by atoms with van der Waals surface area (Å²) in [5.41, 5.74) is 1.82. The monoisotopic (exact) mass is 474 g/mol. The molecule has 0 N–H and O–H groups in total. The highest BCUT2D eigenvalue weighted by Gasteiger charge is 2.26. The normalized spacial score (nSPS) is 15.1. The number of aromatic nitrogens is 4. The number of fused-ring (bicyclic) bond motifs is 1. The predicted octanol–water partition coefficient (Wildman–Crippen LogP) is 4.67. The van der Waals surface area contributed by atoms with Crippen molar-refractivity contribution in [3.8, 4) is 5.69 Å². The number of para-hydroxylation sites is 1. The predicted molar refractivity (Wildman–Crippen MR) is 137 cm³/mol. The van der Waals surface area contributed by atoms with Gasteiger partial charge in [-0.15, -0.1) is 11.3 Å². The molecule has 1 fully saturated rings. The second kappa shape index (κ2) is 9.93. The summed E-state index contributed by atoms with van der Waals surface area (Å²) >= 11 is 1.64. The molecule has 3 aromatic heterocycles. The Morgan fingerprint density at radius 2 is 1.85 bits per heavy atom. The fourth-order valence-electron chi connectivity index (χ4n) is 4.53. The van der Waals surface area contributed by atoms with Crippen molar-refractivity contribution in [3.63, 3.8) is 0 Å². The Hall–Kier alpha value is -3.26. The van der Waals surface area contributed by atoms with Crippen molar-refractivity contribution < 1.29 is 4.79 Å². The zero-order valence-corrected chi connectivity index (χ0v) is 20.5. The number of piperazine rings is 1. The number of anilines is 1. The van der Waals surface area contributed by atoms with Gasteiger partial charge in [0.05, 0.1) is 23.7 Å². The molecule has 1 saturated heterocycles. The van der Waals surface area contributed by atoms with Gasteiger partial charge in [-0.2, -0.15) is 5.10 Å². The van der Waals surface area contributed by atoms with Gasteiger partial charge in [-0.05, 0) is 30.0 Å². The molecule has 1 aliphatic rings. The Labute approximate surface area is 204 Å². The van der Waals surface area contributed by atoms with Crippen molar-refractivity contribution >= 4 is 34.1 Å². The zero-order valence-electron chi connectivity index (χ0n) is 19.7. The largest absolute Gasteiger partial charge is 0.352 e. The molecule has 1 atom stereocenters. The minimum atomic E-state index is 0.198. The second-order valence-corrected chi connectivity index (χ2v) is 9.88. The molecule has 5 rings (SSSR count). The van der Waals surface area contributed by atoms with Crippen LogP contribution in [0.3, 0.4) is 0 Å². The third-order valence-corrected chi connectivity index (χ3v) is 7.30. The lowest BCUT2D eigenvalue weighted by atomic mass is 10.1. The van der Waals surface area contributed by atoms with E-state index in [1.807, 2.05) is 63.6 Å². The van der Waals surface area contributed by atoms with Crippen LogP contribution in [0.4, 0.5) is 5.82 Å². The average Bonchev–Trinajstić information content (AvgIpc) is 3.54. The first kappa shape index (κ1) is 22.5. The maximum Gasteiger partial charge on any atom is 0.227 e. The molecule has 1 aliphatic heterocycles. The van der Waals surface area contributed by atoms with E-state index in [9.17, 15) is 4.79 Å². The summed E-state index contributed by atoms with van der Waals surface area (Å²) in [5.74, 6) is 2.25. The topological polar surface area (TPSA) is 67.2 Å². The van der Waals surface area contributed by atoms with E-state index in [2.05, 4.69) is 23.8 Å². The summed E-state index contributed by atoms with van der Waals surface area (Å²) in [6.45, 7) is 7.28. The molecule has 0 unspecified atom stereocenters. The van der Waals surface area contributed by atoms with E-state index in [1.165, 1.54) is 0 Å². The summed E-state index contributed by atoms with van der Waals surface area (Å²) in [4.78, 5) is 28.2. The van der Waals surface area contributed by atoms with Crippen molar-refractivity contribution in [1.29, 1.82) is 0 Å². The smallest absolute Gasteiger partial charge is 0.227 e. The number of benzene rings is 1. The number of rotatable bonds is 7. The van der Waals surface area contributed by atoms with Crippen molar-refractivity contribution in [2.24, 2.45) is 0 Å². The molecular formula is C26H30N6OS. The average molecular weight is 475 g/mol. The van der Waals surface area contributed by atoms with Crippen molar-refractivity contribution in [2.45, 2.75) is 39.0 Å². The summed E-state index contributed by atoms with van der Waals surface area (Å²) in [7, 11) is 0. The molecule has 7 nitrogen and oxygen atoms in total. The molecule has 176 valence electrons. The van der Waals surface area contributed by atoms with Gasteiger partial charge in [0.15, 0.2) is 5.65 Å². The van der Waals surface area contributed by atoms with Crippen molar-refractivity contribution in [1.82, 2.24) is 24.6 Å². The first-order valence-corrected chi connectivity index (χ1v) is 12.9. The lowest BCUT2D eigenvalue weighted by Gasteiger charge is -2.35. The molecule has 0 bridgehead atoms. The van der Waals surface area contributed by atoms with Crippen LogP contribution in [0.2, 0.25) is 0 Å². The lowest BCUT2D eigenvalue weighted by molar-refractivity contribution is -0.130. The van der Waals surface area contributed by atoms with Crippen LogP contribution < -0.4 is 4.90 Å². The molecule has 1 amide bonds. The SMILES string of the molecule is CCC[C@H](C)c1nc(N2CCN(C(=O)Cc3cccs3)CC2)c2cnn(-c3ccccc3)c2n1. The molecule has 0 spiro atoms. The highest BCUT2D eigenvalue weighted by molar-refractivity contribution is 7.10. The molecule has 0 aliphatic carbocycles. The van der Waals surface area contributed by atoms with Crippen LogP contribution in [-0.2, 0) is 11.2 Å². The number of amides is 1. The number of hydrogen-bond donors (Lipinski definition) is 0. The van der Waals surface area contributed by atoms with Gasteiger partial charge >= 0.3 is 0 Å². The highest BCUT2D eigenvalue weighted by Crippen LogP contribution is 2.29. The van der Waals surface area contributed by atoms with E-state index in [1.54, 1.807) is 11.3 Å². The minimum absolute atomic E-state index is 0.198. The third-order valence-electron chi connectivity index (χ3n) is 6.43. The van der Waals surface area contributed by atoms with E-state index < -0.39 is 0 Å². The molecule has 0 radical (unpaired) electrons. The first-order chi connectivity index (χ1) is 16.6. The Bertz CT molecular complexity index is 1250. The molecule has 34 heavy (non-hydrogen) atoms. The standard InChI is InChI=1S/C26H30N6OS/c1-3-8-19(2)24-28-25(22-18-27-32(26(22)29-24)20-9-5-4-6-10-20)31-14-12-30(13-15-31)23(33)17-21-11-7-16-34-21/h4-7,9-11,16,18-19H,3,8,12-15,17H2,1-2H3/t19-/m0/s1. The number of thiophene rings is 1. The van der Waals surface area contributed by atoms with Crippen molar-refractivity contribution in [2.75, 3.05) is 31.1 Å².